The van der Waals surface area contributed by atoms with Crippen LogP contribution in [0.3, 0.4) is 0 Å². The lowest BCUT2D eigenvalue weighted by Crippen LogP contribution is -2.37. The van der Waals surface area contributed by atoms with E-state index in [9.17, 15) is 9.59 Å². The molecule has 21 heavy (non-hydrogen) atoms. The fourth-order valence-electron chi connectivity index (χ4n) is 2.69. The minimum absolute atomic E-state index is 0.0905. The number of carbonyl (C=O) groups is 2. The molecule has 5 nitrogen and oxygen atoms in total. The lowest BCUT2D eigenvalue weighted by Gasteiger charge is -2.20. The molecule has 0 heterocycles. The molecular weight excluding hydrogens is 290 g/mol. The van der Waals surface area contributed by atoms with E-state index in [2.05, 4.69) is 5.32 Å². The third-order valence-electron chi connectivity index (χ3n) is 3.91. The summed E-state index contributed by atoms with van der Waals surface area (Å²) in [7, 11) is 0. The van der Waals surface area contributed by atoms with Crippen LogP contribution in [-0.4, -0.2) is 17.9 Å². The molecule has 1 aliphatic rings. The summed E-state index contributed by atoms with van der Waals surface area (Å²) in [4.78, 5) is 23.5. The number of carbonyl (C=O) groups excluding carboxylic acids is 2. The van der Waals surface area contributed by atoms with Crippen molar-refractivity contribution >= 4 is 29.1 Å². The molecule has 0 radical (unpaired) electrons. The van der Waals surface area contributed by atoms with Gasteiger partial charge in [-0.1, -0.05) is 30.9 Å². The van der Waals surface area contributed by atoms with Crippen LogP contribution in [0.5, 0.6) is 0 Å². The molecule has 0 aliphatic heterocycles. The van der Waals surface area contributed by atoms with Gasteiger partial charge in [0.15, 0.2) is 0 Å². The Labute approximate surface area is 129 Å². The second-order valence-corrected chi connectivity index (χ2v) is 5.86. The van der Waals surface area contributed by atoms with Crippen LogP contribution in [-0.2, 0) is 4.79 Å². The topological polar surface area (TPSA) is 98.2 Å². The number of hydrogen-bond donors (Lipinski definition) is 3. The van der Waals surface area contributed by atoms with Crippen LogP contribution in [0.2, 0.25) is 5.02 Å². The average molecular weight is 310 g/mol. The second kappa shape index (κ2) is 6.91. The van der Waals surface area contributed by atoms with E-state index in [1.807, 2.05) is 0 Å². The lowest BCUT2D eigenvalue weighted by atomic mass is 9.94. The first kappa shape index (κ1) is 15.8. The lowest BCUT2D eigenvalue weighted by molar-refractivity contribution is -0.120. The van der Waals surface area contributed by atoms with Gasteiger partial charge in [-0.05, 0) is 31.0 Å². The van der Waals surface area contributed by atoms with Crippen LogP contribution in [0.1, 0.15) is 42.5 Å². The molecule has 6 heteroatoms. The van der Waals surface area contributed by atoms with E-state index in [4.69, 9.17) is 23.1 Å². The van der Waals surface area contributed by atoms with Crippen molar-refractivity contribution < 1.29 is 9.59 Å². The maximum absolute atomic E-state index is 12.3. The van der Waals surface area contributed by atoms with Gasteiger partial charge in [0.1, 0.15) is 0 Å². The van der Waals surface area contributed by atoms with Crippen molar-refractivity contribution in [3.63, 3.8) is 0 Å². The summed E-state index contributed by atoms with van der Waals surface area (Å²) in [5, 5.41) is 3.05. The predicted molar refractivity (Wildman–Crippen MR) is 83.2 cm³/mol. The average Bonchev–Trinajstić information content (AvgIpc) is 2.63. The standard InChI is InChI=1S/C15H20ClN3O2/c16-12-8-9(6-7-10(12)14(18)20)19-15(21)11-4-2-1-3-5-13(11)17/h6-8,11,13H,1-5,17H2,(H2,18,20)(H,19,21). The van der Waals surface area contributed by atoms with Crippen LogP contribution in [0.25, 0.3) is 0 Å². The highest BCUT2D eigenvalue weighted by molar-refractivity contribution is 6.34. The molecule has 2 atom stereocenters. The molecule has 0 spiro atoms. The maximum atomic E-state index is 12.3. The SMILES string of the molecule is NC(=O)c1ccc(NC(=O)C2CCCCCC2N)cc1Cl. The smallest absolute Gasteiger partial charge is 0.250 e. The van der Waals surface area contributed by atoms with E-state index >= 15 is 0 Å². The molecule has 5 N–H and O–H groups in total. The van der Waals surface area contributed by atoms with Gasteiger partial charge < -0.3 is 16.8 Å². The first-order valence-electron chi connectivity index (χ1n) is 7.15. The number of halogens is 1. The van der Waals surface area contributed by atoms with Crippen molar-refractivity contribution in [1.29, 1.82) is 0 Å². The van der Waals surface area contributed by atoms with E-state index < -0.39 is 5.91 Å². The molecule has 1 aliphatic carbocycles. The highest BCUT2D eigenvalue weighted by Crippen LogP contribution is 2.25. The van der Waals surface area contributed by atoms with Crippen LogP contribution in [0.15, 0.2) is 18.2 Å². The zero-order valence-electron chi connectivity index (χ0n) is 11.8. The van der Waals surface area contributed by atoms with Crippen molar-refractivity contribution in [3.05, 3.63) is 28.8 Å². The highest BCUT2D eigenvalue weighted by Gasteiger charge is 2.27. The summed E-state index contributed by atoms with van der Waals surface area (Å²) in [6, 6.07) is 4.55. The molecule has 1 fully saturated rings. The summed E-state index contributed by atoms with van der Waals surface area (Å²) in [6.45, 7) is 0. The number of rotatable bonds is 3. The number of amides is 2. The predicted octanol–water partition coefficient (Wildman–Crippen LogP) is 2.28. The van der Waals surface area contributed by atoms with E-state index in [-0.39, 0.29) is 28.5 Å². The maximum Gasteiger partial charge on any atom is 0.250 e. The third-order valence-corrected chi connectivity index (χ3v) is 4.22. The summed E-state index contributed by atoms with van der Waals surface area (Å²) in [5.74, 6) is -0.863. The molecule has 114 valence electrons. The number of anilines is 1. The van der Waals surface area contributed by atoms with Gasteiger partial charge in [-0.15, -0.1) is 0 Å². The summed E-state index contributed by atoms with van der Waals surface area (Å²) < 4.78 is 0. The molecule has 1 saturated carbocycles. The summed E-state index contributed by atoms with van der Waals surface area (Å²) >= 11 is 5.97. The normalized spacial score (nSPS) is 22.4. The molecule has 2 unspecified atom stereocenters. The Morgan fingerprint density at radius 1 is 1.19 bits per heavy atom. The fraction of sp³-hybridized carbons (Fsp3) is 0.467. The quantitative estimate of drug-likeness (QED) is 0.747. The van der Waals surface area contributed by atoms with Crippen molar-refractivity contribution in [3.8, 4) is 0 Å². The van der Waals surface area contributed by atoms with Gasteiger partial charge in [-0.3, -0.25) is 9.59 Å². The Balaban J connectivity index is 2.08. The van der Waals surface area contributed by atoms with Crippen LogP contribution in [0.4, 0.5) is 5.69 Å². The first-order chi connectivity index (χ1) is 9.99. The van der Waals surface area contributed by atoms with Crippen LogP contribution < -0.4 is 16.8 Å². The minimum Gasteiger partial charge on any atom is -0.366 e. The van der Waals surface area contributed by atoms with Gasteiger partial charge in [0.2, 0.25) is 11.8 Å². The minimum atomic E-state index is -0.594. The van der Waals surface area contributed by atoms with E-state index in [0.29, 0.717) is 5.69 Å². The van der Waals surface area contributed by atoms with Crippen LogP contribution >= 0.6 is 11.6 Å². The highest BCUT2D eigenvalue weighted by atomic mass is 35.5. The van der Waals surface area contributed by atoms with E-state index in [1.165, 1.54) is 12.1 Å². The molecule has 1 aromatic rings. The van der Waals surface area contributed by atoms with Gasteiger partial charge in [-0.2, -0.15) is 0 Å². The Kier molecular flexibility index (Phi) is 5.20. The molecule has 2 rings (SSSR count). The molecule has 0 aromatic heterocycles. The first-order valence-corrected chi connectivity index (χ1v) is 7.52. The Hall–Kier alpha value is -1.59. The summed E-state index contributed by atoms with van der Waals surface area (Å²) in [5.41, 5.74) is 12.1. The Bertz CT molecular complexity index is 548. The Morgan fingerprint density at radius 2 is 1.90 bits per heavy atom. The molecule has 0 bridgehead atoms. The van der Waals surface area contributed by atoms with Gasteiger partial charge in [0.05, 0.1) is 16.5 Å². The summed E-state index contributed by atoms with van der Waals surface area (Å²) in [6.07, 6.45) is 4.90. The van der Waals surface area contributed by atoms with Crippen molar-refractivity contribution in [2.24, 2.45) is 17.4 Å². The number of benzene rings is 1. The molecule has 0 saturated heterocycles. The number of nitrogens with two attached hydrogens (primary N) is 2. The van der Waals surface area contributed by atoms with Crippen molar-refractivity contribution in [2.75, 3.05) is 5.32 Å². The van der Waals surface area contributed by atoms with Gasteiger partial charge in [-0.25, -0.2) is 0 Å². The second-order valence-electron chi connectivity index (χ2n) is 5.46. The van der Waals surface area contributed by atoms with Gasteiger partial charge >= 0.3 is 0 Å². The fourth-order valence-corrected chi connectivity index (χ4v) is 2.96. The van der Waals surface area contributed by atoms with Gasteiger partial charge in [0.25, 0.3) is 0 Å². The van der Waals surface area contributed by atoms with Crippen LogP contribution in [0, 0.1) is 5.92 Å². The molecule has 1 aromatic carbocycles. The monoisotopic (exact) mass is 309 g/mol. The number of nitrogens with one attached hydrogen (secondary N) is 1. The molecule has 2 amide bonds. The zero-order valence-corrected chi connectivity index (χ0v) is 12.5. The Morgan fingerprint density at radius 3 is 2.57 bits per heavy atom. The number of primary amides is 1. The van der Waals surface area contributed by atoms with Crippen molar-refractivity contribution in [2.45, 2.75) is 38.1 Å². The third kappa shape index (κ3) is 3.95. The van der Waals surface area contributed by atoms with E-state index in [0.717, 1.165) is 32.1 Å². The largest absolute Gasteiger partial charge is 0.366 e. The zero-order chi connectivity index (χ0) is 15.4. The number of hydrogen-bond acceptors (Lipinski definition) is 3. The van der Waals surface area contributed by atoms with Gasteiger partial charge in [0, 0.05) is 11.7 Å². The van der Waals surface area contributed by atoms with Crippen molar-refractivity contribution in [1.82, 2.24) is 0 Å². The molecular formula is C15H20ClN3O2. The van der Waals surface area contributed by atoms with E-state index in [1.54, 1.807) is 6.07 Å².